The zero-order valence-electron chi connectivity index (χ0n) is 12.2. The summed E-state index contributed by atoms with van der Waals surface area (Å²) in [7, 11) is 0. The molecular weight excluding hydrogens is 270 g/mol. The molecule has 1 aromatic carbocycles. The standard InChI is InChI=1S/C16H21NO2S/c1-4-14-15(9-18)20-16(17-14)10-19-13-7-5-12(6-8-13)11(2)3/h5-8,11,18H,4,9-10H2,1-3H3. The van der Waals surface area contributed by atoms with E-state index in [2.05, 4.69) is 31.0 Å². The van der Waals surface area contributed by atoms with Crippen LogP contribution in [0.15, 0.2) is 24.3 Å². The second kappa shape index (κ2) is 6.86. The number of aromatic nitrogens is 1. The van der Waals surface area contributed by atoms with Crippen molar-refractivity contribution < 1.29 is 9.84 Å². The summed E-state index contributed by atoms with van der Waals surface area (Å²) in [5, 5.41) is 10.2. The maximum absolute atomic E-state index is 9.26. The lowest BCUT2D eigenvalue weighted by atomic mass is 10.0. The van der Waals surface area contributed by atoms with Crippen LogP contribution in [0.3, 0.4) is 0 Å². The van der Waals surface area contributed by atoms with Crippen LogP contribution in [-0.2, 0) is 19.6 Å². The van der Waals surface area contributed by atoms with Gasteiger partial charge in [-0.15, -0.1) is 11.3 Å². The van der Waals surface area contributed by atoms with Crippen LogP contribution in [0.25, 0.3) is 0 Å². The number of nitrogens with zero attached hydrogens (tertiary/aromatic N) is 1. The lowest BCUT2D eigenvalue weighted by Crippen LogP contribution is -1.96. The van der Waals surface area contributed by atoms with E-state index in [9.17, 15) is 5.11 Å². The van der Waals surface area contributed by atoms with E-state index in [0.29, 0.717) is 12.5 Å². The molecule has 1 aromatic heterocycles. The van der Waals surface area contributed by atoms with Crippen LogP contribution >= 0.6 is 11.3 Å². The van der Waals surface area contributed by atoms with Gasteiger partial charge in [-0.05, 0) is 30.0 Å². The molecule has 2 rings (SSSR count). The van der Waals surface area contributed by atoms with Crippen molar-refractivity contribution in [2.75, 3.05) is 0 Å². The highest BCUT2D eigenvalue weighted by Gasteiger charge is 2.09. The Labute approximate surface area is 124 Å². The molecule has 0 atom stereocenters. The van der Waals surface area contributed by atoms with Gasteiger partial charge < -0.3 is 9.84 Å². The Balaban J connectivity index is 1.99. The van der Waals surface area contributed by atoms with Gasteiger partial charge in [-0.3, -0.25) is 0 Å². The van der Waals surface area contributed by atoms with Crippen molar-refractivity contribution in [1.29, 1.82) is 0 Å². The highest BCUT2D eigenvalue weighted by Crippen LogP contribution is 2.22. The molecule has 20 heavy (non-hydrogen) atoms. The van der Waals surface area contributed by atoms with Crippen LogP contribution in [0.5, 0.6) is 5.75 Å². The lowest BCUT2D eigenvalue weighted by Gasteiger charge is -2.07. The number of thiazole rings is 1. The molecular formula is C16H21NO2S. The Kier molecular flexibility index (Phi) is 5.15. The Morgan fingerprint density at radius 2 is 1.95 bits per heavy atom. The topological polar surface area (TPSA) is 42.4 Å². The summed E-state index contributed by atoms with van der Waals surface area (Å²) in [6.45, 7) is 6.91. The first-order valence-electron chi connectivity index (χ1n) is 6.95. The fourth-order valence-electron chi connectivity index (χ4n) is 1.99. The number of hydrogen-bond donors (Lipinski definition) is 1. The van der Waals surface area contributed by atoms with Crippen LogP contribution in [0, 0.1) is 0 Å². The summed E-state index contributed by atoms with van der Waals surface area (Å²) >= 11 is 1.53. The maximum atomic E-state index is 9.26. The monoisotopic (exact) mass is 291 g/mol. The van der Waals surface area contributed by atoms with Crippen molar-refractivity contribution in [2.24, 2.45) is 0 Å². The molecule has 108 valence electrons. The van der Waals surface area contributed by atoms with Crippen LogP contribution < -0.4 is 4.74 Å². The summed E-state index contributed by atoms with van der Waals surface area (Å²) in [6.07, 6.45) is 0.843. The minimum absolute atomic E-state index is 0.0594. The third kappa shape index (κ3) is 3.58. The lowest BCUT2D eigenvalue weighted by molar-refractivity contribution is 0.284. The molecule has 1 N–H and O–H groups in total. The number of hydrogen-bond acceptors (Lipinski definition) is 4. The van der Waals surface area contributed by atoms with Gasteiger partial charge in [0.15, 0.2) is 0 Å². The zero-order valence-corrected chi connectivity index (χ0v) is 13.0. The predicted octanol–water partition coefficient (Wildman–Crippen LogP) is 3.90. The van der Waals surface area contributed by atoms with Crippen molar-refractivity contribution in [1.82, 2.24) is 4.98 Å². The van der Waals surface area contributed by atoms with Gasteiger partial charge in [-0.1, -0.05) is 32.9 Å². The molecule has 2 aromatic rings. The fourth-order valence-corrected chi connectivity index (χ4v) is 2.92. The molecule has 0 bridgehead atoms. The van der Waals surface area contributed by atoms with E-state index in [1.54, 1.807) is 0 Å². The molecule has 4 heteroatoms. The van der Waals surface area contributed by atoms with Crippen molar-refractivity contribution >= 4 is 11.3 Å². The molecule has 0 aliphatic heterocycles. The van der Waals surface area contributed by atoms with Gasteiger partial charge in [-0.25, -0.2) is 4.98 Å². The largest absolute Gasteiger partial charge is 0.486 e. The van der Waals surface area contributed by atoms with Crippen LogP contribution in [0.4, 0.5) is 0 Å². The third-order valence-electron chi connectivity index (χ3n) is 3.21. The van der Waals surface area contributed by atoms with E-state index < -0.39 is 0 Å². The molecule has 0 radical (unpaired) electrons. The van der Waals surface area contributed by atoms with Gasteiger partial charge in [-0.2, -0.15) is 0 Å². The molecule has 0 aliphatic carbocycles. The number of ether oxygens (including phenoxy) is 1. The molecule has 0 aliphatic rings. The molecule has 0 saturated heterocycles. The van der Waals surface area contributed by atoms with Crippen molar-refractivity contribution in [2.45, 2.75) is 46.3 Å². The van der Waals surface area contributed by atoms with Gasteiger partial charge >= 0.3 is 0 Å². The average Bonchev–Trinajstić information content (AvgIpc) is 2.88. The van der Waals surface area contributed by atoms with E-state index in [-0.39, 0.29) is 6.61 Å². The Morgan fingerprint density at radius 3 is 2.45 bits per heavy atom. The van der Waals surface area contributed by atoms with Gasteiger partial charge in [0.1, 0.15) is 17.4 Å². The average molecular weight is 291 g/mol. The number of benzene rings is 1. The van der Waals surface area contributed by atoms with E-state index in [0.717, 1.165) is 27.7 Å². The molecule has 0 amide bonds. The second-order valence-corrected chi connectivity index (χ2v) is 6.17. The minimum atomic E-state index is 0.0594. The van der Waals surface area contributed by atoms with E-state index in [4.69, 9.17) is 4.74 Å². The number of aliphatic hydroxyl groups excluding tert-OH is 1. The van der Waals surface area contributed by atoms with Gasteiger partial charge in [0.25, 0.3) is 0 Å². The summed E-state index contributed by atoms with van der Waals surface area (Å²) in [6, 6.07) is 8.18. The normalized spacial score (nSPS) is 11.1. The highest BCUT2D eigenvalue weighted by atomic mass is 32.1. The first-order chi connectivity index (χ1) is 9.63. The van der Waals surface area contributed by atoms with Gasteiger partial charge in [0.2, 0.25) is 0 Å². The molecule has 3 nitrogen and oxygen atoms in total. The van der Waals surface area contributed by atoms with E-state index >= 15 is 0 Å². The quantitative estimate of drug-likeness (QED) is 0.877. The smallest absolute Gasteiger partial charge is 0.140 e. The summed E-state index contributed by atoms with van der Waals surface area (Å²) in [4.78, 5) is 5.44. The van der Waals surface area contributed by atoms with Gasteiger partial charge in [0.05, 0.1) is 17.2 Å². The third-order valence-corrected chi connectivity index (χ3v) is 4.27. The highest BCUT2D eigenvalue weighted by molar-refractivity contribution is 7.11. The molecule has 1 heterocycles. The predicted molar refractivity (Wildman–Crippen MR) is 82.3 cm³/mol. The van der Waals surface area contributed by atoms with Crippen LogP contribution in [0.2, 0.25) is 0 Å². The number of aryl methyl sites for hydroxylation is 1. The molecule has 0 unspecified atom stereocenters. The van der Waals surface area contributed by atoms with E-state index in [1.165, 1.54) is 16.9 Å². The number of rotatable bonds is 6. The number of aliphatic hydroxyl groups is 1. The van der Waals surface area contributed by atoms with Crippen LogP contribution in [0.1, 0.15) is 47.8 Å². The van der Waals surface area contributed by atoms with Gasteiger partial charge in [0, 0.05) is 0 Å². The zero-order chi connectivity index (χ0) is 14.5. The summed E-state index contributed by atoms with van der Waals surface area (Å²) in [5.74, 6) is 1.38. The van der Waals surface area contributed by atoms with Crippen molar-refractivity contribution in [3.05, 3.63) is 45.4 Å². The first kappa shape index (κ1) is 15.0. The summed E-state index contributed by atoms with van der Waals surface area (Å²) < 4.78 is 5.75. The van der Waals surface area contributed by atoms with Crippen molar-refractivity contribution in [3.8, 4) is 5.75 Å². The Morgan fingerprint density at radius 1 is 1.25 bits per heavy atom. The Hall–Kier alpha value is -1.39. The molecule has 0 fully saturated rings. The van der Waals surface area contributed by atoms with E-state index in [1.807, 2.05) is 19.1 Å². The summed E-state index contributed by atoms with van der Waals surface area (Å²) in [5.41, 5.74) is 2.29. The minimum Gasteiger partial charge on any atom is -0.486 e. The molecule has 0 spiro atoms. The van der Waals surface area contributed by atoms with Crippen molar-refractivity contribution in [3.63, 3.8) is 0 Å². The first-order valence-corrected chi connectivity index (χ1v) is 7.76. The second-order valence-electron chi connectivity index (χ2n) is 5.00. The fraction of sp³-hybridized carbons (Fsp3) is 0.438. The molecule has 0 saturated carbocycles. The SMILES string of the molecule is CCc1nc(COc2ccc(C(C)C)cc2)sc1CO. The maximum Gasteiger partial charge on any atom is 0.140 e. The van der Waals surface area contributed by atoms with Crippen LogP contribution in [-0.4, -0.2) is 10.1 Å². The Bertz CT molecular complexity index is 525.